The van der Waals surface area contributed by atoms with Gasteiger partial charge in [0.25, 0.3) is 0 Å². The van der Waals surface area contributed by atoms with Gasteiger partial charge in [-0.3, -0.25) is 0 Å². The second kappa shape index (κ2) is 9.36. The van der Waals surface area contributed by atoms with Crippen LogP contribution in [0.4, 0.5) is 0 Å². The van der Waals surface area contributed by atoms with E-state index in [-0.39, 0.29) is 0 Å². The fraction of sp³-hybridized carbons (Fsp3) is 0.148. The van der Waals surface area contributed by atoms with Crippen LogP contribution in [0.2, 0.25) is 0 Å². The van der Waals surface area contributed by atoms with Crippen molar-refractivity contribution in [2.75, 3.05) is 13.7 Å². The van der Waals surface area contributed by atoms with Crippen LogP contribution in [0.3, 0.4) is 0 Å². The fourth-order valence-electron chi connectivity index (χ4n) is 3.52. The molecule has 1 radical (unpaired) electrons. The predicted octanol–water partition coefficient (Wildman–Crippen LogP) is 6.72. The average molecular weight is 397 g/mol. The zero-order valence-corrected chi connectivity index (χ0v) is 17.3. The third-order valence-electron chi connectivity index (χ3n) is 4.93. The van der Waals surface area contributed by atoms with Crippen molar-refractivity contribution >= 4 is 5.57 Å². The molecule has 0 heterocycles. The van der Waals surface area contributed by atoms with Gasteiger partial charge in [-0.25, -0.2) is 0 Å². The third kappa shape index (κ3) is 4.57. The molecule has 0 atom stereocenters. The molecule has 3 aromatic carbocycles. The SMILES string of the molecule is CCOc1cccc(-c2cc(OC)ccc2C2=CC(Oc3ccccc3)=CC[CH]2)c1. The fourth-order valence-corrected chi connectivity index (χ4v) is 3.52. The number of ether oxygens (including phenoxy) is 3. The quantitative estimate of drug-likeness (QED) is 0.443. The third-order valence-corrected chi connectivity index (χ3v) is 4.93. The van der Waals surface area contributed by atoms with Crippen LogP contribution >= 0.6 is 0 Å². The standard InChI is InChI=1S/C27H25O3/c1-3-29-24-13-7-10-21(17-24)27-19-23(28-2)15-16-26(27)20-9-8-14-25(18-20)30-22-11-5-4-6-12-22/h4-7,9-19H,3,8H2,1-2H3. The van der Waals surface area contributed by atoms with Gasteiger partial charge in [0.1, 0.15) is 23.0 Å². The molecule has 1 aliphatic rings. The smallest absolute Gasteiger partial charge is 0.127 e. The van der Waals surface area contributed by atoms with Crippen LogP contribution in [-0.4, -0.2) is 13.7 Å². The molecule has 3 nitrogen and oxygen atoms in total. The molecular formula is C27H25O3. The molecule has 30 heavy (non-hydrogen) atoms. The molecule has 0 N–H and O–H groups in total. The van der Waals surface area contributed by atoms with Gasteiger partial charge in [0.2, 0.25) is 0 Å². The summed E-state index contributed by atoms with van der Waals surface area (Å²) in [4.78, 5) is 0. The molecule has 0 bridgehead atoms. The molecule has 0 saturated carbocycles. The van der Waals surface area contributed by atoms with Crippen molar-refractivity contribution in [1.82, 2.24) is 0 Å². The Morgan fingerprint density at radius 1 is 0.800 bits per heavy atom. The van der Waals surface area contributed by atoms with Gasteiger partial charge in [-0.15, -0.1) is 0 Å². The van der Waals surface area contributed by atoms with Crippen molar-refractivity contribution in [2.24, 2.45) is 0 Å². The summed E-state index contributed by atoms with van der Waals surface area (Å²) in [5, 5.41) is 0. The van der Waals surface area contributed by atoms with Crippen molar-refractivity contribution in [2.45, 2.75) is 13.3 Å². The highest BCUT2D eigenvalue weighted by Gasteiger charge is 2.15. The second-order valence-corrected chi connectivity index (χ2v) is 6.93. The first-order valence-electron chi connectivity index (χ1n) is 10.2. The number of rotatable bonds is 7. The number of hydrogen-bond donors (Lipinski definition) is 0. The molecule has 0 amide bonds. The number of allylic oxidation sites excluding steroid dienone is 3. The van der Waals surface area contributed by atoms with E-state index < -0.39 is 0 Å². The molecule has 3 aromatic rings. The van der Waals surface area contributed by atoms with Gasteiger partial charge in [0.05, 0.1) is 13.7 Å². The lowest BCUT2D eigenvalue weighted by Gasteiger charge is -2.19. The van der Waals surface area contributed by atoms with Crippen molar-refractivity contribution in [3.05, 3.63) is 103 Å². The monoisotopic (exact) mass is 397 g/mol. The Morgan fingerprint density at radius 3 is 2.43 bits per heavy atom. The first kappa shape index (κ1) is 19.8. The molecule has 1 aliphatic carbocycles. The Balaban J connectivity index is 1.72. The molecular weight excluding hydrogens is 372 g/mol. The minimum Gasteiger partial charge on any atom is -0.497 e. The van der Waals surface area contributed by atoms with E-state index >= 15 is 0 Å². The van der Waals surface area contributed by atoms with Gasteiger partial charge in [-0.05, 0) is 90.6 Å². The van der Waals surface area contributed by atoms with Crippen LogP contribution < -0.4 is 14.2 Å². The Kier molecular flexibility index (Phi) is 6.19. The van der Waals surface area contributed by atoms with E-state index in [0.29, 0.717) is 6.61 Å². The average Bonchev–Trinajstić information content (AvgIpc) is 2.80. The summed E-state index contributed by atoms with van der Waals surface area (Å²) in [6, 6.07) is 24.2. The Bertz CT molecular complexity index is 1060. The Hall–Kier alpha value is -3.46. The normalized spacial score (nSPS) is 13.3. The molecule has 0 unspecified atom stereocenters. The van der Waals surface area contributed by atoms with E-state index in [0.717, 1.165) is 51.7 Å². The maximum Gasteiger partial charge on any atom is 0.127 e. The molecule has 0 fully saturated rings. The van der Waals surface area contributed by atoms with Crippen LogP contribution in [-0.2, 0) is 0 Å². The zero-order valence-electron chi connectivity index (χ0n) is 17.3. The molecule has 0 spiro atoms. The predicted molar refractivity (Wildman–Crippen MR) is 122 cm³/mol. The summed E-state index contributed by atoms with van der Waals surface area (Å²) < 4.78 is 17.3. The highest BCUT2D eigenvalue weighted by atomic mass is 16.5. The van der Waals surface area contributed by atoms with Crippen molar-refractivity contribution in [1.29, 1.82) is 0 Å². The van der Waals surface area contributed by atoms with Crippen molar-refractivity contribution in [3.63, 3.8) is 0 Å². The number of hydrogen-bond acceptors (Lipinski definition) is 3. The molecule has 3 heteroatoms. The van der Waals surface area contributed by atoms with Crippen LogP contribution in [0.1, 0.15) is 18.9 Å². The lowest BCUT2D eigenvalue weighted by atomic mass is 9.89. The number of methoxy groups -OCH3 is 1. The van der Waals surface area contributed by atoms with Gasteiger partial charge < -0.3 is 14.2 Å². The first-order chi connectivity index (χ1) is 14.8. The first-order valence-corrected chi connectivity index (χ1v) is 10.2. The molecule has 151 valence electrons. The second-order valence-electron chi connectivity index (χ2n) is 6.93. The van der Waals surface area contributed by atoms with E-state index in [2.05, 4.69) is 42.8 Å². The summed E-state index contributed by atoms with van der Waals surface area (Å²) in [6.07, 6.45) is 7.22. The van der Waals surface area contributed by atoms with Gasteiger partial charge >= 0.3 is 0 Å². The van der Waals surface area contributed by atoms with Gasteiger partial charge in [-0.2, -0.15) is 0 Å². The minimum atomic E-state index is 0.637. The summed E-state index contributed by atoms with van der Waals surface area (Å²) >= 11 is 0. The van der Waals surface area contributed by atoms with Crippen molar-refractivity contribution < 1.29 is 14.2 Å². The topological polar surface area (TPSA) is 27.7 Å². The maximum atomic E-state index is 6.07. The summed E-state index contributed by atoms with van der Waals surface area (Å²) in [5.41, 5.74) is 4.44. The molecule has 4 rings (SSSR count). The van der Waals surface area contributed by atoms with Gasteiger partial charge in [0.15, 0.2) is 0 Å². The molecule has 0 aliphatic heterocycles. The lowest BCUT2D eigenvalue weighted by Crippen LogP contribution is -2.01. The molecule has 0 aromatic heterocycles. The zero-order chi connectivity index (χ0) is 20.8. The van der Waals surface area contributed by atoms with Crippen LogP contribution in [0, 0.1) is 6.42 Å². The highest BCUT2D eigenvalue weighted by molar-refractivity contribution is 5.87. The van der Waals surface area contributed by atoms with E-state index in [4.69, 9.17) is 14.2 Å². The molecule has 0 saturated heterocycles. The summed E-state index contributed by atoms with van der Waals surface area (Å²) in [5.74, 6) is 3.37. The maximum absolute atomic E-state index is 6.07. The minimum absolute atomic E-state index is 0.637. The lowest BCUT2D eigenvalue weighted by molar-refractivity contribution is 0.340. The van der Waals surface area contributed by atoms with E-state index in [1.807, 2.05) is 55.5 Å². The van der Waals surface area contributed by atoms with Crippen LogP contribution in [0.5, 0.6) is 17.2 Å². The number of para-hydroxylation sites is 1. The van der Waals surface area contributed by atoms with E-state index in [1.54, 1.807) is 7.11 Å². The van der Waals surface area contributed by atoms with E-state index in [9.17, 15) is 0 Å². The van der Waals surface area contributed by atoms with Gasteiger partial charge in [0, 0.05) is 0 Å². The summed E-state index contributed by atoms with van der Waals surface area (Å²) in [7, 11) is 1.69. The number of benzene rings is 3. The van der Waals surface area contributed by atoms with Crippen molar-refractivity contribution in [3.8, 4) is 28.4 Å². The Labute approximate surface area is 178 Å². The van der Waals surface area contributed by atoms with E-state index in [1.165, 1.54) is 0 Å². The van der Waals surface area contributed by atoms with Crippen LogP contribution in [0.25, 0.3) is 16.7 Å². The highest BCUT2D eigenvalue weighted by Crippen LogP contribution is 2.37. The van der Waals surface area contributed by atoms with Crippen LogP contribution in [0.15, 0.2) is 90.7 Å². The van der Waals surface area contributed by atoms with Gasteiger partial charge in [-0.1, -0.05) is 36.4 Å². The summed E-state index contributed by atoms with van der Waals surface area (Å²) in [6.45, 7) is 2.63. The largest absolute Gasteiger partial charge is 0.497 e. The Morgan fingerprint density at radius 2 is 1.63 bits per heavy atom.